The molecule has 0 heterocycles. The molecule has 0 aliphatic heterocycles. The van der Waals surface area contributed by atoms with E-state index in [1.807, 2.05) is 13.8 Å². The van der Waals surface area contributed by atoms with Crippen molar-refractivity contribution in [2.75, 3.05) is 6.67 Å². The first-order valence-electron chi connectivity index (χ1n) is 4.50. The van der Waals surface area contributed by atoms with Crippen molar-refractivity contribution in [1.82, 2.24) is 0 Å². The summed E-state index contributed by atoms with van der Waals surface area (Å²) in [5.41, 5.74) is 5.53. The molecule has 2 nitrogen and oxygen atoms in total. The molecular weight excluding hydrogens is 157 g/mol. The number of hydrogen-bond acceptors (Lipinski definition) is 2. The summed E-state index contributed by atoms with van der Waals surface area (Å²) in [7, 11) is 0. The summed E-state index contributed by atoms with van der Waals surface area (Å²) in [5, 5.41) is 9.54. The van der Waals surface area contributed by atoms with Gasteiger partial charge in [-0.15, -0.1) is 0 Å². The highest BCUT2D eigenvalue weighted by Gasteiger charge is 2.23. The van der Waals surface area contributed by atoms with E-state index in [1.54, 1.807) is 6.92 Å². The molecule has 0 radical (unpaired) electrons. The Balaban J connectivity index is 3.90. The second-order valence-corrected chi connectivity index (χ2v) is 3.66. The first kappa shape index (κ1) is 11.8. The van der Waals surface area contributed by atoms with E-state index in [1.165, 1.54) is 0 Å². The Labute approximate surface area is 74.0 Å². The Bertz CT molecular complexity index is 119. The average Bonchev–Trinajstić information content (AvgIpc) is 2.02. The lowest BCUT2D eigenvalue weighted by Gasteiger charge is -2.26. The molecule has 0 aromatic rings. The zero-order valence-corrected chi connectivity index (χ0v) is 8.13. The van der Waals surface area contributed by atoms with Crippen LogP contribution in [-0.2, 0) is 0 Å². The fourth-order valence-electron chi connectivity index (χ4n) is 1.25. The smallest absolute Gasteiger partial charge is 0.0897 e. The highest BCUT2D eigenvalue weighted by atomic mass is 19.1. The predicted octanol–water partition coefficient (Wildman–Crippen LogP) is 1.33. The maximum absolute atomic E-state index is 12.0. The van der Waals surface area contributed by atoms with Crippen molar-refractivity contribution in [2.24, 2.45) is 17.6 Å². The molecule has 0 aromatic carbocycles. The van der Waals surface area contributed by atoms with Gasteiger partial charge in [0.1, 0.15) is 0 Å². The van der Waals surface area contributed by atoms with Crippen LogP contribution >= 0.6 is 0 Å². The third kappa shape index (κ3) is 3.50. The monoisotopic (exact) mass is 177 g/mol. The molecule has 74 valence electrons. The van der Waals surface area contributed by atoms with Crippen LogP contribution in [0.3, 0.4) is 0 Å². The zero-order chi connectivity index (χ0) is 9.72. The molecule has 3 heteroatoms. The Morgan fingerprint density at radius 2 is 1.83 bits per heavy atom. The van der Waals surface area contributed by atoms with Gasteiger partial charge >= 0.3 is 0 Å². The van der Waals surface area contributed by atoms with Crippen LogP contribution in [0.15, 0.2) is 0 Å². The van der Waals surface area contributed by atoms with Crippen molar-refractivity contribution in [3.8, 4) is 0 Å². The molecule has 12 heavy (non-hydrogen) atoms. The van der Waals surface area contributed by atoms with Gasteiger partial charge in [0.15, 0.2) is 0 Å². The van der Waals surface area contributed by atoms with Gasteiger partial charge in [-0.3, -0.25) is 4.39 Å². The van der Waals surface area contributed by atoms with E-state index in [9.17, 15) is 9.50 Å². The molecule has 4 unspecified atom stereocenters. The Morgan fingerprint density at radius 1 is 1.33 bits per heavy atom. The average molecular weight is 177 g/mol. The van der Waals surface area contributed by atoms with Crippen molar-refractivity contribution in [1.29, 1.82) is 0 Å². The molecule has 0 saturated carbocycles. The quantitative estimate of drug-likeness (QED) is 0.665. The lowest BCUT2D eigenvalue weighted by atomic mass is 9.86. The minimum Gasteiger partial charge on any atom is -0.391 e. The molecule has 0 aromatic heterocycles. The molecule has 0 fully saturated rings. The minimum atomic E-state index is -0.522. The van der Waals surface area contributed by atoms with Crippen LogP contribution < -0.4 is 5.73 Å². The van der Waals surface area contributed by atoms with Crippen LogP contribution in [0.5, 0.6) is 0 Å². The van der Waals surface area contributed by atoms with Gasteiger partial charge in [0.05, 0.1) is 12.8 Å². The molecule has 0 spiro atoms. The number of aliphatic hydroxyl groups excluding tert-OH is 1. The molecule has 4 atom stereocenters. The fraction of sp³-hybridized carbons (Fsp3) is 1.00. The number of nitrogens with two attached hydrogens (primary N) is 1. The second-order valence-electron chi connectivity index (χ2n) is 3.66. The van der Waals surface area contributed by atoms with E-state index < -0.39 is 6.10 Å². The summed E-state index contributed by atoms with van der Waals surface area (Å²) < 4.78 is 12.0. The third-order valence-electron chi connectivity index (χ3n) is 2.54. The van der Waals surface area contributed by atoms with Gasteiger partial charge in [-0.2, -0.15) is 0 Å². The number of hydrogen-bond donors (Lipinski definition) is 2. The molecule has 3 N–H and O–H groups in total. The van der Waals surface area contributed by atoms with Crippen LogP contribution in [-0.4, -0.2) is 23.9 Å². The van der Waals surface area contributed by atoms with Gasteiger partial charge in [0, 0.05) is 6.04 Å². The van der Waals surface area contributed by atoms with Gasteiger partial charge in [0.25, 0.3) is 0 Å². The largest absolute Gasteiger partial charge is 0.391 e. The second kappa shape index (κ2) is 5.49. The van der Waals surface area contributed by atoms with Crippen LogP contribution in [0.25, 0.3) is 0 Å². The lowest BCUT2D eigenvalue weighted by molar-refractivity contribution is 0.0649. The third-order valence-corrected chi connectivity index (χ3v) is 2.54. The fourth-order valence-corrected chi connectivity index (χ4v) is 1.25. The summed E-state index contributed by atoms with van der Waals surface area (Å²) in [5.74, 6) is 0.261. The molecule has 0 aliphatic rings. The topological polar surface area (TPSA) is 46.2 Å². The van der Waals surface area contributed by atoms with Gasteiger partial charge in [-0.25, -0.2) is 0 Å². The van der Waals surface area contributed by atoms with E-state index in [2.05, 4.69) is 0 Å². The summed E-state index contributed by atoms with van der Waals surface area (Å²) >= 11 is 0. The van der Waals surface area contributed by atoms with Crippen molar-refractivity contribution < 1.29 is 9.50 Å². The van der Waals surface area contributed by atoms with Crippen molar-refractivity contribution in [3.63, 3.8) is 0 Å². The van der Waals surface area contributed by atoms with Gasteiger partial charge in [-0.05, 0) is 25.2 Å². The van der Waals surface area contributed by atoms with Gasteiger partial charge < -0.3 is 10.8 Å². The zero-order valence-electron chi connectivity index (χ0n) is 8.13. The van der Waals surface area contributed by atoms with Crippen LogP contribution in [0.2, 0.25) is 0 Å². The van der Waals surface area contributed by atoms with E-state index >= 15 is 0 Å². The summed E-state index contributed by atoms with van der Waals surface area (Å²) in [4.78, 5) is 0. The van der Waals surface area contributed by atoms with E-state index in [-0.39, 0.29) is 24.6 Å². The molecule has 0 rings (SSSR count). The first-order chi connectivity index (χ1) is 5.50. The van der Waals surface area contributed by atoms with Gasteiger partial charge in [0.2, 0.25) is 0 Å². The molecular formula is C9H20FNO. The number of rotatable bonds is 5. The van der Waals surface area contributed by atoms with Crippen LogP contribution in [0.1, 0.15) is 27.2 Å². The molecule has 0 amide bonds. The van der Waals surface area contributed by atoms with Crippen LogP contribution in [0.4, 0.5) is 4.39 Å². The Hall–Kier alpha value is -0.150. The molecule has 0 bridgehead atoms. The SMILES string of the molecule is CC(N)C(O)C(C)C(C)CCF. The van der Waals surface area contributed by atoms with Crippen molar-refractivity contribution in [3.05, 3.63) is 0 Å². The lowest BCUT2D eigenvalue weighted by Crippen LogP contribution is -2.39. The van der Waals surface area contributed by atoms with Gasteiger partial charge in [-0.1, -0.05) is 13.8 Å². The molecule has 0 aliphatic carbocycles. The maximum atomic E-state index is 12.0. The van der Waals surface area contributed by atoms with Crippen molar-refractivity contribution >= 4 is 0 Å². The predicted molar refractivity (Wildman–Crippen MR) is 48.6 cm³/mol. The maximum Gasteiger partial charge on any atom is 0.0897 e. The number of alkyl halides is 1. The highest BCUT2D eigenvalue weighted by molar-refractivity contribution is 4.76. The van der Waals surface area contributed by atoms with Crippen LogP contribution in [0, 0.1) is 11.8 Å². The standard InChI is InChI=1S/C9H20FNO/c1-6(4-5-10)7(2)9(12)8(3)11/h6-9,12H,4-5,11H2,1-3H3. The van der Waals surface area contributed by atoms with E-state index in [0.29, 0.717) is 6.42 Å². The number of halogens is 1. The highest BCUT2D eigenvalue weighted by Crippen LogP contribution is 2.20. The number of aliphatic hydroxyl groups is 1. The molecule has 0 saturated heterocycles. The van der Waals surface area contributed by atoms with Crippen molar-refractivity contribution in [2.45, 2.75) is 39.3 Å². The first-order valence-corrected chi connectivity index (χ1v) is 4.50. The minimum absolute atomic E-state index is 0.0701. The summed E-state index contributed by atoms with van der Waals surface area (Å²) in [6.45, 7) is 5.30. The Morgan fingerprint density at radius 3 is 2.17 bits per heavy atom. The summed E-state index contributed by atoms with van der Waals surface area (Å²) in [6.07, 6.45) is -0.0168. The normalized spacial score (nSPS) is 21.5. The summed E-state index contributed by atoms with van der Waals surface area (Å²) in [6, 6.07) is -0.234. The Kier molecular flexibility index (Phi) is 5.42. The van der Waals surface area contributed by atoms with E-state index in [4.69, 9.17) is 5.73 Å². The van der Waals surface area contributed by atoms with E-state index in [0.717, 1.165) is 0 Å².